The van der Waals surface area contributed by atoms with Crippen molar-refractivity contribution in [3.8, 4) is 17.2 Å². The minimum absolute atomic E-state index is 0.00352. The fourth-order valence-corrected chi connectivity index (χ4v) is 3.49. The first-order chi connectivity index (χ1) is 11.8. The van der Waals surface area contributed by atoms with Gasteiger partial charge in [-0.05, 0) is 35.7 Å². The van der Waals surface area contributed by atoms with Crippen LogP contribution in [0, 0.1) is 0 Å². The van der Waals surface area contributed by atoms with Crippen molar-refractivity contribution in [2.24, 2.45) is 0 Å². The lowest BCUT2D eigenvalue weighted by atomic mass is 9.78. The van der Waals surface area contributed by atoms with Crippen LogP contribution in [0.25, 0.3) is 0 Å². The zero-order valence-electron chi connectivity index (χ0n) is 13.7. The summed E-state index contributed by atoms with van der Waals surface area (Å²) >= 11 is 0. The molecule has 124 valence electrons. The number of rotatable bonds is 4. The Labute approximate surface area is 141 Å². The maximum absolute atomic E-state index is 12.3. The van der Waals surface area contributed by atoms with E-state index in [1.165, 1.54) is 0 Å². The molecule has 0 aromatic heterocycles. The number of carbonyl (C=O) groups excluding carboxylic acids is 1. The van der Waals surface area contributed by atoms with Gasteiger partial charge in [0.2, 0.25) is 6.79 Å². The van der Waals surface area contributed by atoms with Crippen molar-refractivity contribution < 1.29 is 19.0 Å². The van der Waals surface area contributed by atoms with Crippen molar-refractivity contribution in [1.82, 2.24) is 0 Å². The van der Waals surface area contributed by atoms with Crippen LogP contribution in [0.1, 0.15) is 42.4 Å². The third kappa shape index (κ3) is 2.62. The molecule has 2 aromatic carbocycles. The summed E-state index contributed by atoms with van der Waals surface area (Å²) < 4.78 is 16.9. The normalized spacial score (nSPS) is 18.4. The molecule has 0 saturated heterocycles. The number of Topliss-reactive ketones (excluding diaryl/α,β-unsaturated/α-hetero) is 1. The summed E-state index contributed by atoms with van der Waals surface area (Å²) in [4.78, 5) is 12.3. The molecule has 0 fully saturated rings. The van der Waals surface area contributed by atoms with E-state index < -0.39 is 0 Å². The van der Waals surface area contributed by atoms with Gasteiger partial charge >= 0.3 is 0 Å². The summed E-state index contributed by atoms with van der Waals surface area (Å²) in [5.74, 6) is 2.61. The molecule has 1 atom stereocenters. The fourth-order valence-electron chi connectivity index (χ4n) is 3.49. The van der Waals surface area contributed by atoms with E-state index in [1.54, 1.807) is 0 Å². The number of para-hydroxylation sites is 1. The van der Waals surface area contributed by atoms with Crippen molar-refractivity contribution in [3.63, 3.8) is 0 Å². The van der Waals surface area contributed by atoms with Crippen LogP contribution < -0.4 is 14.2 Å². The van der Waals surface area contributed by atoms with Crippen LogP contribution >= 0.6 is 0 Å². The van der Waals surface area contributed by atoms with Gasteiger partial charge in [0.1, 0.15) is 11.5 Å². The predicted octanol–water partition coefficient (Wildman–Crippen LogP) is 3.85. The monoisotopic (exact) mass is 324 g/mol. The van der Waals surface area contributed by atoms with Crippen LogP contribution in [0.3, 0.4) is 0 Å². The second-order valence-electron chi connectivity index (χ2n) is 6.26. The van der Waals surface area contributed by atoms with E-state index in [-0.39, 0.29) is 18.5 Å². The first kappa shape index (κ1) is 15.1. The van der Waals surface area contributed by atoms with Crippen molar-refractivity contribution in [1.29, 1.82) is 0 Å². The van der Waals surface area contributed by atoms with Crippen molar-refractivity contribution in [2.45, 2.75) is 32.1 Å². The molecule has 0 bridgehead atoms. The highest BCUT2D eigenvalue weighted by molar-refractivity contribution is 5.85. The number of ether oxygens (including phenoxy) is 3. The third-order valence-corrected chi connectivity index (χ3v) is 4.59. The Bertz CT molecular complexity index is 781. The average Bonchev–Trinajstić information content (AvgIpc) is 3.05. The number of ketones is 1. The molecule has 1 aliphatic heterocycles. The van der Waals surface area contributed by atoms with Gasteiger partial charge < -0.3 is 14.2 Å². The lowest BCUT2D eigenvalue weighted by Crippen LogP contribution is -2.20. The van der Waals surface area contributed by atoms with Crippen LogP contribution in [0.15, 0.2) is 36.4 Å². The van der Waals surface area contributed by atoms with Crippen LogP contribution in [0.2, 0.25) is 0 Å². The summed E-state index contributed by atoms with van der Waals surface area (Å²) in [7, 11) is 0. The first-order valence-corrected chi connectivity index (χ1v) is 8.42. The molecular weight excluding hydrogens is 304 g/mol. The van der Waals surface area contributed by atoms with Gasteiger partial charge in [-0.15, -0.1) is 0 Å². The van der Waals surface area contributed by atoms with Gasteiger partial charge in [0.15, 0.2) is 11.5 Å². The Hall–Kier alpha value is -2.49. The van der Waals surface area contributed by atoms with Gasteiger partial charge in [0, 0.05) is 24.3 Å². The van der Waals surface area contributed by atoms with Crippen LogP contribution in [0.5, 0.6) is 17.2 Å². The molecule has 0 amide bonds. The van der Waals surface area contributed by atoms with Gasteiger partial charge in [-0.3, -0.25) is 4.79 Å². The first-order valence-electron chi connectivity index (χ1n) is 8.42. The fraction of sp³-hybridized carbons (Fsp3) is 0.350. The number of fused-ring (bicyclic) bond motifs is 2. The topological polar surface area (TPSA) is 44.8 Å². The molecule has 1 unspecified atom stereocenters. The number of hydrogen-bond donors (Lipinski definition) is 0. The standard InChI is InChI=1S/C20H20O4/c1-2-7-22-18-6-4-3-5-15(18)17-10-14(21)8-13-9-19-20(11-16(13)17)24-12-23-19/h3-6,9,11,17H,2,7-8,10,12H2,1H3. The van der Waals surface area contributed by atoms with Crippen molar-refractivity contribution in [2.75, 3.05) is 13.4 Å². The number of benzene rings is 2. The SMILES string of the molecule is CCCOc1ccccc1C1CC(=O)Cc2cc3c(cc21)OCO3. The maximum atomic E-state index is 12.3. The molecular formula is C20H20O4. The molecule has 4 heteroatoms. The summed E-state index contributed by atoms with van der Waals surface area (Å²) in [5.41, 5.74) is 3.25. The Kier molecular flexibility index (Phi) is 3.89. The van der Waals surface area contributed by atoms with Gasteiger partial charge in [-0.1, -0.05) is 25.1 Å². The van der Waals surface area contributed by atoms with Crippen LogP contribution in [0.4, 0.5) is 0 Å². The summed E-state index contributed by atoms with van der Waals surface area (Å²) in [6.07, 6.45) is 1.91. The Morgan fingerprint density at radius 1 is 1.12 bits per heavy atom. The highest BCUT2D eigenvalue weighted by atomic mass is 16.7. The summed E-state index contributed by atoms with van der Waals surface area (Å²) in [5, 5.41) is 0. The molecule has 2 aliphatic rings. The van der Waals surface area contributed by atoms with Crippen molar-refractivity contribution >= 4 is 5.78 Å². The highest BCUT2D eigenvalue weighted by Crippen LogP contribution is 2.44. The van der Waals surface area contributed by atoms with Crippen LogP contribution in [-0.4, -0.2) is 19.2 Å². The van der Waals surface area contributed by atoms with Gasteiger partial charge in [0.05, 0.1) is 6.61 Å². The Morgan fingerprint density at radius 3 is 2.75 bits per heavy atom. The third-order valence-electron chi connectivity index (χ3n) is 4.59. The number of hydrogen-bond acceptors (Lipinski definition) is 4. The van der Waals surface area contributed by atoms with E-state index in [4.69, 9.17) is 14.2 Å². The molecule has 1 aliphatic carbocycles. The largest absolute Gasteiger partial charge is 0.493 e. The van der Waals surface area contributed by atoms with Gasteiger partial charge in [-0.2, -0.15) is 0 Å². The molecule has 1 heterocycles. The zero-order chi connectivity index (χ0) is 16.5. The molecule has 0 spiro atoms. The molecule has 4 nitrogen and oxygen atoms in total. The molecule has 0 saturated carbocycles. The molecule has 4 rings (SSSR count). The smallest absolute Gasteiger partial charge is 0.231 e. The van der Waals surface area contributed by atoms with Crippen molar-refractivity contribution in [3.05, 3.63) is 53.1 Å². The van der Waals surface area contributed by atoms with Gasteiger partial charge in [0.25, 0.3) is 0 Å². The van der Waals surface area contributed by atoms with Crippen LogP contribution in [-0.2, 0) is 11.2 Å². The minimum Gasteiger partial charge on any atom is -0.493 e. The Balaban J connectivity index is 1.79. The van der Waals surface area contributed by atoms with Gasteiger partial charge in [-0.25, -0.2) is 0 Å². The maximum Gasteiger partial charge on any atom is 0.231 e. The van der Waals surface area contributed by atoms with E-state index in [0.29, 0.717) is 19.4 Å². The second kappa shape index (κ2) is 6.19. The molecule has 0 N–H and O–H groups in total. The summed E-state index contributed by atoms with van der Waals surface area (Å²) in [6.45, 7) is 3.00. The minimum atomic E-state index is 0.00352. The zero-order valence-corrected chi connectivity index (χ0v) is 13.7. The Morgan fingerprint density at radius 2 is 1.92 bits per heavy atom. The predicted molar refractivity (Wildman–Crippen MR) is 90.0 cm³/mol. The second-order valence-corrected chi connectivity index (χ2v) is 6.26. The average molecular weight is 324 g/mol. The quantitative estimate of drug-likeness (QED) is 0.857. The van der Waals surface area contributed by atoms with E-state index in [0.717, 1.165) is 40.4 Å². The molecule has 0 radical (unpaired) electrons. The molecule has 24 heavy (non-hydrogen) atoms. The lowest BCUT2D eigenvalue weighted by molar-refractivity contribution is -0.119. The summed E-state index contributed by atoms with van der Waals surface area (Å²) in [6, 6.07) is 12.0. The van der Waals surface area contributed by atoms with E-state index in [1.807, 2.05) is 30.3 Å². The van der Waals surface area contributed by atoms with E-state index >= 15 is 0 Å². The highest BCUT2D eigenvalue weighted by Gasteiger charge is 2.31. The van der Waals surface area contributed by atoms with E-state index in [9.17, 15) is 4.79 Å². The van der Waals surface area contributed by atoms with E-state index in [2.05, 4.69) is 13.0 Å². The number of carbonyl (C=O) groups is 1. The lowest BCUT2D eigenvalue weighted by Gasteiger charge is -2.27. The molecule has 2 aromatic rings.